The number of hydrogen-bond acceptors (Lipinski definition) is 4. The minimum Gasteiger partial charge on any atom is -0.465 e. The van der Waals surface area contributed by atoms with E-state index in [1.807, 2.05) is 24.3 Å². The van der Waals surface area contributed by atoms with Gasteiger partial charge in [-0.15, -0.1) is 15.0 Å². The average molecular weight is 352 g/mol. The van der Waals surface area contributed by atoms with Gasteiger partial charge >= 0.3 is 6.09 Å². The van der Waals surface area contributed by atoms with Gasteiger partial charge in [-0.05, 0) is 42.7 Å². The van der Waals surface area contributed by atoms with Crippen molar-refractivity contribution < 1.29 is 9.90 Å². The minimum atomic E-state index is -0.932. The van der Waals surface area contributed by atoms with Crippen LogP contribution in [0.25, 0.3) is 5.69 Å². The maximum Gasteiger partial charge on any atom is 0.407 e. The van der Waals surface area contributed by atoms with Crippen LogP contribution in [0.5, 0.6) is 0 Å². The molecule has 8 heteroatoms. The number of benzene rings is 1. The highest BCUT2D eigenvalue weighted by atomic mass is 79.9. The number of carbonyl (C=O) groups is 1. The molecule has 2 heterocycles. The van der Waals surface area contributed by atoms with Crippen LogP contribution in [0.2, 0.25) is 0 Å². The van der Waals surface area contributed by atoms with Crippen LogP contribution in [-0.2, 0) is 0 Å². The molecular formula is C13H14BrN5O2. The Hall–Kier alpha value is -1.96. The van der Waals surface area contributed by atoms with Crippen LogP contribution in [-0.4, -0.2) is 42.9 Å². The Balaban J connectivity index is 1.88. The molecule has 7 nitrogen and oxygen atoms in total. The second kappa shape index (κ2) is 5.80. The number of amides is 1. The summed E-state index contributed by atoms with van der Waals surface area (Å²) in [5.41, 5.74) is 0.779. The molecule has 0 aliphatic carbocycles. The molecule has 1 N–H and O–H groups in total. The van der Waals surface area contributed by atoms with Crippen molar-refractivity contribution >= 4 is 22.0 Å². The van der Waals surface area contributed by atoms with Crippen molar-refractivity contribution in [2.75, 3.05) is 6.54 Å². The number of aromatic nitrogens is 4. The molecule has 1 atom stereocenters. The van der Waals surface area contributed by atoms with E-state index in [1.165, 1.54) is 9.70 Å². The second-order valence-electron chi connectivity index (χ2n) is 4.90. The summed E-state index contributed by atoms with van der Waals surface area (Å²) in [6, 6.07) is 7.23. The fraction of sp³-hybridized carbons (Fsp3) is 0.385. The van der Waals surface area contributed by atoms with Crippen molar-refractivity contribution in [2.45, 2.75) is 25.3 Å². The Morgan fingerprint density at radius 1 is 1.38 bits per heavy atom. The summed E-state index contributed by atoms with van der Waals surface area (Å²) >= 11 is 3.40. The van der Waals surface area contributed by atoms with E-state index >= 15 is 0 Å². The number of tetrazole rings is 1. The Bertz CT molecular complexity index is 660. The van der Waals surface area contributed by atoms with Gasteiger partial charge in [-0.25, -0.2) is 4.79 Å². The lowest BCUT2D eigenvalue weighted by molar-refractivity contribution is 0.103. The lowest BCUT2D eigenvalue weighted by atomic mass is 10.0. The monoisotopic (exact) mass is 351 g/mol. The normalized spacial score (nSPS) is 18.7. The molecule has 2 aromatic rings. The summed E-state index contributed by atoms with van der Waals surface area (Å²) in [4.78, 5) is 14.1. The molecule has 0 spiro atoms. The van der Waals surface area contributed by atoms with E-state index in [-0.39, 0.29) is 6.04 Å². The first kappa shape index (κ1) is 14.0. The number of likely N-dealkylation sites (tertiary alicyclic amines) is 1. The standard InChI is InChI=1S/C13H14BrN5O2/c14-9-4-3-5-10(8-9)19-16-12(15-17-19)11-6-1-2-7-18(11)13(20)21/h3-5,8,11H,1-2,6-7H2,(H,20,21). The van der Waals surface area contributed by atoms with Gasteiger partial charge in [-0.3, -0.25) is 4.90 Å². The molecular weight excluding hydrogens is 338 g/mol. The Morgan fingerprint density at radius 3 is 3.00 bits per heavy atom. The first-order valence-corrected chi connectivity index (χ1v) is 7.50. The van der Waals surface area contributed by atoms with Crippen molar-refractivity contribution in [3.63, 3.8) is 0 Å². The molecule has 1 aromatic carbocycles. The van der Waals surface area contributed by atoms with E-state index in [4.69, 9.17) is 0 Å². The molecule has 1 aromatic heterocycles. The molecule has 1 fully saturated rings. The molecule has 3 rings (SSSR count). The van der Waals surface area contributed by atoms with Crippen LogP contribution in [0.3, 0.4) is 0 Å². The highest BCUT2D eigenvalue weighted by molar-refractivity contribution is 9.10. The molecule has 110 valence electrons. The molecule has 1 amide bonds. The SMILES string of the molecule is O=C(O)N1CCCCC1c1nnn(-c2cccc(Br)c2)n1. The smallest absolute Gasteiger partial charge is 0.407 e. The van der Waals surface area contributed by atoms with Crippen LogP contribution in [0.1, 0.15) is 31.1 Å². The minimum absolute atomic E-state index is 0.308. The molecule has 1 unspecified atom stereocenters. The molecule has 0 radical (unpaired) electrons. The molecule has 0 bridgehead atoms. The summed E-state index contributed by atoms with van der Waals surface area (Å²) in [6.45, 7) is 0.519. The van der Waals surface area contributed by atoms with Crippen molar-refractivity contribution in [3.8, 4) is 5.69 Å². The highest BCUT2D eigenvalue weighted by Crippen LogP contribution is 2.28. The fourth-order valence-corrected chi connectivity index (χ4v) is 2.88. The second-order valence-corrected chi connectivity index (χ2v) is 5.82. The topological polar surface area (TPSA) is 84.1 Å². The number of rotatable bonds is 2. The van der Waals surface area contributed by atoms with Gasteiger partial charge in [0.25, 0.3) is 0 Å². The third-order valence-electron chi connectivity index (χ3n) is 3.51. The van der Waals surface area contributed by atoms with Crippen molar-refractivity contribution in [3.05, 3.63) is 34.6 Å². The fourth-order valence-electron chi connectivity index (χ4n) is 2.50. The van der Waals surface area contributed by atoms with Gasteiger partial charge in [0.05, 0.1) is 11.7 Å². The molecule has 1 aliphatic rings. The maximum absolute atomic E-state index is 11.3. The molecule has 1 saturated heterocycles. The molecule has 1 aliphatic heterocycles. The van der Waals surface area contributed by atoms with E-state index in [0.717, 1.165) is 29.4 Å². The average Bonchev–Trinajstić information content (AvgIpc) is 2.97. The van der Waals surface area contributed by atoms with Crippen LogP contribution < -0.4 is 0 Å². The van der Waals surface area contributed by atoms with Crippen LogP contribution in [0.15, 0.2) is 28.7 Å². The van der Waals surface area contributed by atoms with E-state index in [1.54, 1.807) is 0 Å². The maximum atomic E-state index is 11.3. The zero-order chi connectivity index (χ0) is 14.8. The largest absolute Gasteiger partial charge is 0.465 e. The van der Waals surface area contributed by atoms with E-state index in [2.05, 4.69) is 31.3 Å². The van der Waals surface area contributed by atoms with E-state index in [0.29, 0.717) is 12.4 Å². The van der Waals surface area contributed by atoms with E-state index in [9.17, 15) is 9.90 Å². The van der Waals surface area contributed by atoms with Crippen molar-refractivity contribution in [2.24, 2.45) is 0 Å². The Morgan fingerprint density at radius 2 is 2.24 bits per heavy atom. The highest BCUT2D eigenvalue weighted by Gasteiger charge is 2.31. The molecule has 21 heavy (non-hydrogen) atoms. The quantitative estimate of drug-likeness (QED) is 0.898. The number of halogens is 1. The molecule has 0 saturated carbocycles. The lowest BCUT2D eigenvalue weighted by Crippen LogP contribution is -2.38. The summed E-state index contributed by atoms with van der Waals surface area (Å²) < 4.78 is 0.920. The van der Waals surface area contributed by atoms with Crippen LogP contribution >= 0.6 is 15.9 Å². The van der Waals surface area contributed by atoms with Crippen LogP contribution in [0, 0.1) is 0 Å². The Labute approximate surface area is 129 Å². The number of hydrogen-bond donors (Lipinski definition) is 1. The number of nitrogens with zero attached hydrogens (tertiary/aromatic N) is 5. The Kier molecular flexibility index (Phi) is 3.87. The summed E-state index contributed by atoms with van der Waals surface area (Å²) in [5.74, 6) is 0.456. The summed E-state index contributed by atoms with van der Waals surface area (Å²) in [5, 5.41) is 21.7. The lowest BCUT2D eigenvalue weighted by Gasteiger charge is -2.31. The first-order chi connectivity index (χ1) is 10.1. The summed E-state index contributed by atoms with van der Waals surface area (Å²) in [6.07, 6.45) is 1.65. The van der Waals surface area contributed by atoms with Gasteiger partial charge in [-0.1, -0.05) is 22.0 Å². The summed E-state index contributed by atoms with van der Waals surface area (Å²) in [7, 11) is 0. The predicted octanol–water partition coefficient (Wildman–Crippen LogP) is 2.63. The predicted molar refractivity (Wildman–Crippen MR) is 78.2 cm³/mol. The van der Waals surface area contributed by atoms with Crippen LogP contribution in [0.4, 0.5) is 4.79 Å². The number of carboxylic acid groups (broad SMARTS) is 1. The van der Waals surface area contributed by atoms with Gasteiger partial charge in [-0.2, -0.15) is 0 Å². The van der Waals surface area contributed by atoms with E-state index < -0.39 is 6.09 Å². The number of piperidine rings is 1. The van der Waals surface area contributed by atoms with Gasteiger partial charge in [0.2, 0.25) is 0 Å². The van der Waals surface area contributed by atoms with Gasteiger partial charge in [0, 0.05) is 11.0 Å². The third-order valence-corrected chi connectivity index (χ3v) is 4.01. The first-order valence-electron chi connectivity index (χ1n) is 6.70. The van der Waals surface area contributed by atoms with Crippen molar-refractivity contribution in [1.29, 1.82) is 0 Å². The zero-order valence-electron chi connectivity index (χ0n) is 11.2. The van der Waals surface area contributed by atoms with Gasteiger partial charge < -0.3 is 5.11 Å². The zero-order valence-corrected chi connectivity index (χ0v) is 12.8. The third kappa shape index (κ3) is 2.90. The van der Waals surface area contributed by atoms with Gasteiger partial charge in [0.1, 0.15) is 0 Å². The van der Waals surface area contributed by atoms with Gasteiger partial charge in [0.15, 0.2) is 5.82 Å². The van der Waals surface area contributed by atoms with Crippen molar-refractivity contribution in [1.82, 2.24) is 25.1 Å².